The van der Waals surface area contributed by atoms with Crippen molar-refractivity contribution in [1.29, 1.82) is 0 Å². The van der Waals surface area contributed by atoms with Crippen LogP contribution in [0.4, 0.5) is 0 Å². The molecule has 0 aliphatic carbocycles. The van der Waals surface area contributed by atoms with Crippen molar-refractivity contribution in [3.8, 4) is 0 Å². The second kappa shape index (κ2) is 7.79. The summed E-state index contributed by atoms with van der Waals surface area (Å²) < 4.78 is 0. The van der Waals surface area contributed by atoms with E-state index in [1.807, 2.05) is 0 Å². The molecule has 0 saturated carbocycles. The van der Waals surface area contributed by atoms with Crippen LogP contribution in [0.5, 0.6) is 0 Å². The van der Waals surface area contributed by atoms with Gasteiger partial charge in [-0.3, -0.25) is 0 Å². The molecule has 0 aliphatic rings. The van der Waals surface area contributed by atoms with Gasteiger partial charge in [-0.1, -0.05) is 0 Å². The number of hydrogen-bond acceptors (Lipinski definition) is 0. The minimum Gasteiger partial charge on any atom is -0.127 e. The van der Waals surface area contributed by atoms with Crippen LogP contribution in [-0.2, 0) is 0 Å². The van der Waals surface area contributed by atoms with Crippen molar-refractivity contribution in [1.82, 2.24) is 0 Å². The molecule has 0 aromatic carbocycles. The summed E-state index contributed by atoms with van der Waals surface area (Å²) in [6.07, 6.45) is 0.815. The Morgan fingerprint density at radius 1 is 1.00 bits per heavy atom. The van der Waals surface area contributed by atoms with E-state index in [2.05, 4.69) is 0 Å². The third-order valence-corrected chi connectivity index (χ3v) is 2.81. The molecule has 0 N–H and O–H groups in total. The maximum Gasteiger partial charge on any atom is 0.0289 e. The molecule has 0 saturated heterocycles. The Bertz CT molecular complexity index is 82.5. The van der Waals surface area contributed by atoms with Gasteiger partial charge in [0, 0.05) is 23.5 Å². The van der Waals surface area contributed by atoms with Crippen LogP contribution in [0.1, 0.15) is 6.42 Å². The van der Waals surface area contributed by atoms with Gasteiger partial charge in [-0.25, -0.2) is 0 Å². The average molecular weight is 237 g/mol. The van der Waals surface area contributed by atoms with E-state index in [1.165, 1.54) is 0 Å². The first-order valence-corrected chi connectivity index (χ1v) is 5.52. The van der Waals surface area contributed by atoms with Crippen molar-refractivity contribution in [3.05, 3.63) is 5.92 Å². The lowest BCUT2D eigenvalue weighted by Crippen LogP contribution is -2.18. The van der Waals surface area contributed by atoms with Crippen molar-refractivity contribution in [2.45, 2.75) is 6.42 Å². The van der Waals surface area contributed by atoms with Gasteiger partial charge in [-0.15, -0.1) is 46.4 Å². The lowest BCUT2D eigenvalue weighted by Gasteiger charge is -2.19. The molecule has 0 atom stereocenters. The zero-order valence-electron chi connectivity index (χ0n) is 6.12. The summed E-state index contributed by atoms with van der Waals surface area (Å²) in [6.45, 7) is 0. The van der Waals surface area contributed by atoms with E-state index in [1.54, 1.807) is 0 Å². The van der Waals surface area contributed by atoms with Crippen LogP contribution in [0.3, 0.4) is 0 Å². The van der Waals surface area contributed by atoms with Crippen LogP contribution < -0.4 is 0 Å². The van der Waals surface area contributed by atoms with Gasteiger partial charge in [0.2, 0.25) is 0 Å². The first kappa shape index (κ1) is 12.2. The van der Waals surface area contributed by atoms with Crippen molar-refractivity contribution in [3.63, 3.8) is 0 Å². The molecule has 0 aromatic heterocycles. The summed E-state index contributed by atoms with van der Waals surface area (Å²) in [5.41, 5.74) is 0. The Labute approximate surface area is 88.1 Å². The average Bonchev–Trinajstić information content (AvgIpc) is 2.05. The Morgan fingerprint density at radius 3 is 1.82 bits per heavy atom. The summed E-state index contributed by atoms with van der Waals surface area (Å²) in [6, 6.07) is 0. The molecule has 0 heterocycles. The quantitative estimate of drug-likeness (QED) is 0.620. The van der Waals surface area contributed by atoms with Gasteiger partial charge in [0.05, 0.1) is 0 Å². The first-order chi connectivity index (χ1) is 5.29. The van der Waals surface area contributed by atoms with E-state index in [-0.39, 0.29) is 5.92 Å². The van der Waals surface area contributed by atoms with Crippen molar-refractivity contribution in [2.24, 2.45) is 5.92 Å². The number of alkyl halides is 4. The highest BCUT2D eigenvalue weighted by Gasteiger charge is 2.18. The van der Waals surface area contributed by atoms with E-state index in [4.69, 9.17) is 46.4 Å². The Kier molecular flexibility index (Phi) is 8.61. The molecule has 11 heavy (non-hydrogen) atoms. The number of hydrogen-bond donors (Lipinski definition) is 0. The zero-order valence-corrected chi connectivity index (χ0v) is 9.15. The van der Waals surface area contributed by atoms with Crippen LogP contribution in [-0.4, -0.2) is 23.5 Å². The normalized spacial score (nSPS) is 11.5. The van der Waals surface area contributed by atoms with Crippen LogP contribution in [0.15, 0.2) is 0 Å². The molecule has 0 spiro atoms. The predicted octanol–water partition coefficient (Wildman–Crippen LogP) is 3.52. The molecule has 67 valence electrons. The van der Waals surface area contributed by atoms with E-state index in [0.717, 1.165) is 12.3 Å². The molecule has 1 radical (unpaired) electrons. The van der Waals surface area contributed by atoms with Crippen LogP contribution in [0.2, 0.25) is 0 Å². The summed E-state index contributed by atoms with van der Waals surface area (Å²) in [5.74, 6) is 3.54. The molecule has 0 bridgehead atoms. The highest BCUT2D eigenvalue weighted by Crippen LogP contribution is 2.23. The van der Waals surface area contributed by atoms with Crippen molar-refractivity contribution >= 4 is 46.4 Å². The minimum absolute atomic E-state index is 0.217. The molecular weight excluding hydrogens is 226 g/mol. The van der Waals surface area contributed by atoms with Gasteiger partial charge in [0.25, 0.3) is 0 Å². The number of rotatable bonds is 6. The van der Waals surface area contributed by atoms with Gasteiger partial charge in [0.15, 0.2) is 0 Å². The lowest BCUT2D eigenvalue weighted by molar-refractivity contribution is 0.643. The third kappa shape index (κ3) is 4.67. The second-order valence-electron chi connectivity index (χ2n) is 2.24. The summed E-state index contributed by atoms with van der Waals surface area (Å²) >= 11 is 22.6. The second-order valence-corrected chi connectivity index (χ2v) is 3.50. The lowest BCUT2D eigenvalue weighted by atomic mass is 9.95. The highest BCUT2D eigenvalue weighted by molar-refractivity contribution is 6.22. The van der Waals surface area contributed by atoms with Gasteiger partial charge >= 0.3 is 0 Å². The topological polar surface area (TPSA) is 0 Å². The fraction of sp³-hybridized carbons (Fsp3) is 0.857. The molecule has 0 aliphatic heterocycles. The Morgan fingerprint density at radius 2 is 1.55 bits per heavy atom. The standard InChI is InChI=1S/C7H11Cl4/c8-2-1-6(3-9)7(4-10)5-11/h7H,1-5H2. The van der Waals surface area contributed by atoms with Gasteiger partial charge < -0.3 is 0 Å². The molecule has 4 heteroatoms. The predicted molar refractivity (Wildman–Crippen MR) is 54.2 cm³/mol. The van der Waals surface area contributed by atoms with Crippen LogP contribution in [0.25, 0.3) is 0 Å². The molecule has 0 nitrogen and oxygen atoms in total. The fourth-order valence-corrected chi connectivity index (χ4v) is 2.12. The SMILES string of the molecule is ClCC[C](CCl)C(CCl)CCl. The van der Waals surface area contributed by atoms with E-state index >= 15 is 0 Å². The van der Waals surface area contributed by atoms with Crippen LogP contribution in [0, 0.1) is 11.8 Å². The van der Waals surface area contributed by atoms with E-state index in [0.29, 0.717) is 23.5 Å². The first-order valence-electron chi connectivity index (χ1n) is 3.38. The smallest absolute Gasteiger partial charge is 0.0289 e. The highest BCUT2D eigenvalue weighted by atomic mass is 35.5. The molecule has 0 aromatic rings. The molecular formula is C7H11Cl4. The summed E-state index contributed by atoms with van der Waals surface area (Å²) in [5, 5.41) is 0. The van der Waals surface area contributed by atoms with Gasteiger partial charge in [-0.05, 0) is 18.3 Å². The van der Waals surface area contributed by atoms with Gasteiger partial charge in [-0.2, -0.15) is 0 Å². The monoisotopic (exact) mass is 235 g/mol. The summed E-state index contributed by atoms with van der Waals surface area (Å²) in [7, 11) is 0. The molecule has 0 rings (SSSR count). The largest absolute Gasteiger partial charge is 0.127 e. The third-order valence-electron chi connectivity index (χ3n) is 1.54. The zero-order chi connectivity index (χ0) is 8.69. The van der Waals surface area contributed by atoms with Crippen molar-refractivity contribution in [2.75, 3.05) is 23.5 Å². The molecule has 0 fully saturated rings. The summed E-state index contributed by atoms with van der Waals surface area (Å²) in [4.78, 5) is 0. The van der Waals surface area contributed by atoms with Gasteiger partial charge in [0.1, 0.15) is 0 Å². The van der Waals surface area contributed by atoms with E-state index < -0.39 is 0 Å². The fourth-order valence-electron chi connectivity index (χ4n) is 0.761. The molecule has 0 amide bonds. The molecule has 0 unspecified atom stereocenters. The maximum absolute atomic E-state index is 5.69. The van der Waals surface area contributed by atoms with E-state index in [9.17, 15) is 0 Å². The Balaban J connectivity index is 3.76. The minimum atomic E-state index is 0.217. The Hall–Kier alpha value is 1.16. The van der Waals surface area contributed by atoms with Crippen molar-refractivity contribution < 1.29 is 0 Å². The van der Waals surface area contributed by atoms with Crippen LogP contribution >= 0.6 is 46.4 Å². The maximum atomic E-state index is 5.69. The number of halogens is 4.